The van der Waals surface area contributed by atoms with E-state index in [4.69, 9.17) is 11.6 Å². The van der Waals surface area contributed by atoms with Crippen LogP contribution in [0.3, 0.4) is 0 Å². The van der Waals surface area contributed by atoms with Crippen molar-refractivity contribution in [3.63, 3.8) is 0 Å². The van der Waals surface area contributed by atoms with Crippen LogP contribution >= 0.6 is 11.6 Å². The van der Waals surface area contributed by atoms with E-state index in [1.54, 1.807) is 23.1 Å². The highest BCUT2D eigenvalue weighted by atomic mass is 35.5. The predicted molar refractivity (Wildman–Crippen MR) is 96.6 cm³/mol. The van der Waals surface area contributed by atoms with E-state index in [9.17, 15) is 9.59 Å². The molecule has 2 amide bonds. The number of para-hydroxylation sites is 3. The molecule has 1 aliphatic rings. The summed E-state index contributed by atoms with van der Waals surface area (Å²) in [5.74, 6) is -0.411. The van der Waals surface area contributed by atoms with Gasteiger partial charge >= 0.3 is 0 Å². The SMILES string of the molecule is O=C(Nc1nc2ccccc2[nH]1)[C@@H]1CC(=O)N(c2ccccc2Cl)C1. The largest absolute Gasteiger partial charge is 0.324 e. The number of carbonyl (C=O) groups excluding carboxylic acids is 2. The molecule has 2 heterocycles. The number of nitrogens with zero attached hydrogens (tertiary/aromatic N) is 2. The highest BCUT2D eigenvalue weighted by Gasteiger charge is 2.36. The summed E-state index contributed by atoms with van der Waals surface area (Å²) in [6.07, 6.45) is 0.150. The van der Waals surface area contributed by atoms with E-state index >= 15 is 0 Å². The van der Waals surface area contributed by atoms with Crippen LogP contribution in [0, 0.1) is 5.92 Å². The second-order valence-corrected chi connectivity index (χ2v) is 6.36. The molecule has 0 spiro atoms. The number of aromatic amines is 1. The molecule has 1 saturated heterocycles. The molecule has 1 aromatic heterocycles. The van der Waals surface area contributed by atoms with Crippen molar-refractivity contribution >= 4 is 46.1 Å². The summed E-state index contributed by atoms with van der Waals surface area (Å²) in [6.45, 7) is 0.300. The fourth-order valence-corrected chi connectivity index (χ4v) is 3.26. The second-order valence-electron chi connectivity index (χ2n) is 5.95. The number of nitrogens with one attached hydrogen (secondary N) is 2. The molecule has 1 aliphatic heterocycles. The minimum Gasteiger partial charge on any atom is -0.324 e. The number of rotatable bonds is 3. The standard InChI is InChI=1S/C18H15ClN4O2/c19-12-5-1-4-8-15(12)23-10-11(9-16(23)24)17(25)22-18-20-13-6-2-3-7-14(13)21-18/h1-8,11H,9-10H2,(H2,20,21,22,25)/t11-/m1/s1. The molecule has 0 radical (unpaired) electrons. The molecule has 1 atom stereocenters. The first-order valence-corrected chi connectivity index (χ1v) is 8.30. The summed E-state index contributed by atoms with van der Waals surface area (Å²) >= 11 is 6.16. The van der Waals surface area contributed by atoms with Gasteiger partial charge in [-0.05, 0) is 24.3 Å². The molecule has 0 aliphatic carbocycles. The Labute approximate surface area is 148 Å². The maximum Gasteiger partial charge on any atom is 0.232 e. The van der Waals surface area contributed by atoms with Crippen LogP contribution < -0.4 is 10.2 Å². The van der Waals surface area contributed by atoms with Crippen molar-refractivity contribution in [1.82, 2.24) is 9.97 Å². The molecule has 4 rings (SSSR count). The van der Waals surface area contributed by atoms with Crippen LogP contribution in [0.2, 0.25) is 5.02 Å². The lowest BCUT2D eigenvalue weighted by atomic mass is 10.1. The minimum absolute atomic E-state index is 0.113. The minimum atomic E-state index is -0.447. The van der Waals surface area contributed by atoms with Gasteiger partial charge in [-0.2, -0.15) is 0 Å². The Hall–Kier alpha value is -2.86. The van der Waals surface area contributed by atoms with E-state index < -0.39 is 5.92 Å². The predicted octanol–water partition coefficient (Wildman–Crippen LogP) is 3.21. The molecule has 25 heavy (non-hydrogen) atoms. The van der Waals surface area contributed by atoms with Gasteiger partial charge < -0.3 is 9.88 Å². The Kier molecular flexibility index (Phi) is 3.89. The number of benzene rings is 2. The number of fused-ring (bicyclic) bond motifs is 1. The first kappa shape index (κ1) is 15.7. The van der Waals surface area contributed by atoms with Crippen LogP contribution in [0.4, 0.5) is 11.6 Å². The fourth-order valence-electron chi connectivity index (χ4n) is 3.02. The zero-order valence-electron chi connectivity index (χ0n) is 13.2. The summed E-state index contributed by atoms with van der Waals surface area (Å²) in [5, 5.41) is 3.26. The number of hydrogen-bond donors (Lipinski definition) is 2. The topological polar surface area (TPSA) is 78.1 Å². The van der Waals surface area contributed by atoms with Gasteiger partial charge in [-0.1, -0.05) is 35.9 Å². The highest BCUT2D eigenvalue weighted by Crippen LogP contribution is 2.31. The summed E-state index contributed by atoms with van der Waals surface area (Å²) in [4.78, 5) is 33.8. The molecule has 2 aromatic carbocycles. The molecule has 6 nitrogen and oxygen atoms in total. The van der Waals surface area contributed by atoms with Crippen molar-refractivity contribution < 1.29 is 9.59 Å². The maximum atomic E-state index is 12.5. The van der Waals surface area contributed by atoms with Crippen molar-refractivity contribution in [3.8, 4) is 0 Å². The van der Waals surface area contributed by atoms with Gasteiger partial charge in [-0.3, -0.25) is 14.9 Å². The van der Waals surface area contributed by atoms with E-state index in [0.717, 1.165) is 11.0 Å². The van der Waals surface area contributed by atoms with Crippen LogP contribution in [-0.2, 0) is 9.59 Å². The average molecular weight is 355 g/mol. The van der Waals surface area contributed by atoms with Crippen molar-refractivity contribution in [2.45, 2.75) is 6.42 Å². The molecule has 7 heteroatoms. The zero-order chi connectivity index (χ0) is 17.4. The molecule has 2 N–H and O–H groups in total. The van der Waals surface area contributed by atoms with Crippen molar-refractivity contribution in [2.24, 2.45) is 5.92 Å². The van der Waals surface area contributed by atoms with Crippen molar-refractivity contribution in [1.29, 1.82) is 0 Å². The van der Waals surface area contributed by atoms with Crippen molar-refractivity contribution in [3.05, 3.63) is 53.6 Å². The van der Waals surface area contributed by atoms with E-state index in [2.05, 4.69) is 15.3 Å². The van der Waals surface area contributed by atoms with E-state index in [-0.39, 0.29) is 18.2 Å². The maximum absolute atomic E-state index is 12.5. The molecule has 3 aromatic rings. The van der Waals surface area contributed by atoms with Gasteiger partial charge in [-0.15, -0.1) is 0 Å². The second kappa shape index (κ2) is 6.22. The molecule has 0 unspecified atom stereocenters. The Morgan fingerprint density at radius 2 is 1.96 bits per heavy atom. The molecule has 0 bridgehead atoms. The third-order valence-corrected chi connectivity index (χ3v) is 4.59. The number of H-pyrrole nitrogens is 1. The Balaban J connectivity index is 1.50. The number of carbonyl (C=O) groups is 2. The van der Waals surface area contributed by atoms with Crippen LogP contribution in [0.25, 0.3) is 11.0 Å². The van der Waals surface area contributed by atoms with Gasteiger partial charge in [0.05, 0.1) is 27.7 Å². The third-order valence-electron chi connectivity index (χ3n) is 4.27. The third kappa shape index (κ3) is 2.96. The highest BCUT2D eigenvalue weighted by molar-refractivity contribution is 6.33. The first-order chi connectivity index (χ1) is 12.1. The van der Waals surface area contributed by atoms with E-state index in [1.165, 1.54) is 0 Å². The summed E-state index contributed by atoms with van der Waals surface area (Å²) < 4.78 is 0. The van der Waals surface area contributed by atoms with Crippen LogP contribution in [0.1, 0.15) is 6.42 Å². The smallest absolute Gasteiger partial charge is 0.232 e. The van der Waals surface area contributed by atoms with Crippen LogP contribution in [0.15, 0.2) is 48.5 Å². The number of halogens is 1. The molecule has 1 fully saturated rings. The summed E-state index contributed by atoms with van der Waals surface area (Å²) in [6, 6.07) is 14.6. The number of imidazole rings is 1. The Morgan fingerprint density at radius 3 is 2.76 bits per heavy atom. The normalized spacial score (nSPS) is 17.2. The molecular formula is C18H15ClN4O2. The van der Waals surface area contributed by atoms with E-state index in [0.29, 0.717) is 23.2 Å². The van der Waals surface area contributed by atoms with E-state index in [1.807, 2.05) is 30.3 Å². The first-order valence-electron chi connectivity index (χ1n) is 7.92. The summed E-state index contributed by atoms with van der Waals surface area (Å²) in [5.41, 5.74) is 2.25. The number of aromatic nitrogens is 2. The van der Waals surface area contributed by atoms with Gasteiger partial charge in [0.2, 0.25) is 17.8 Å². The van der Waals surface area contributed by atoms with Crippen LogP contribution in [0.5, 0.6) is 0 Å². The van der Waals surface area contributed by atoms with Gasteiger partial charge in [0.1, 0.15) is 0 Å². The van der Waals surface area contributed by atoms with Gasteiger partial charge in [0.25, 0.3) is 0 Å². The average Bonchev–Trinajstić information content (AvgIpc) is 3.18. The van der Waals surface area contributed by atoms with Gasteiger partial charge in [-0.25, -0.2) is 4.98 Å². The van der Waals surface area contributed by atoms with Gasteiger partial charge in [0.15, 0.2) is 0 Å². The monoisotopic (exact) mass is 354 g/mol. The molecule has 0 saturated carbocycles. The van der Waals surface area contributed by atoms with Crippen LogP contribution in [-0.4, -0.2) is 28.3 Å². The molecule has 126 valence electrons. The zero-order valence-corrected chi connectivity index (χ0v) is 14.0. The quantitative estimate of drug-likeness (QED) is 0.758. The fraction of sp³-hybridized carbons (Fsp3) is 0.167. The summed E-state index contributed by atoms with van der Waals surface area (Å²) in [7, 11) is 0. The number of hydrogen-bond acceptors (Lipinski definition) is 3. The number of anilines is 2. The lowest BCUT2D eigenvalue weighted by Gasteiger charge is -2.17. The lowest BCUT2D eigenvalue weighted by Crippen LogP contribution is -2.28. The van der Waals surface area contributed by atoms with Crippen molar-refractivity contribution in [2.75, 3.05) is 16.8 Å². The van der Waals surface area contributed by atoms with Gasteiger partial charge in [0, 0.05) is 13.0 Å². The number of amides is 2. The molecular weight excluding hydrogens is 340 g/mol. The lowest BCUT2D eigenvalue weighted by molar-refractivity contribution is -0.122. The Morgan fingerprint density at radius 1 is 1.20 bits per heavy atom. The Bertz CT molecular complexity index is 935.